The summed E-state index contributed by atoms with van der Waals surface area (Å²) in [6.45, 7) is 2.43. The molecule has 0 saturated heterocycles. The van der Waals surface area contributed by atoms with Gasteiger partial charge in [-0.25, -0.2) is 0 Å². The smallest absolute Gasteiger partial charge is 0.0133 e. The normalized spacial score (nSPS) is 27.7. The number of nitrogens with zero attached hydrogens (tertiary/aromatic N) is 1. The van der Waals surface area contributed by atoms with Crippen LogP contribution in [0.4, 0.5) is 0 Å². The Morgan fingerprint density at radius 3 is 2.69 bits per heavy atom. The summed E-state index contributed by atoms with van der Waals surface area (Å²) in [6, 6.07) is 0.847. The van der Waals surface area contributed by atoms with E-state index in [-0.39, 0.29) is 0 Å². The lowest BCUT2D eigenvalue weighted by Crippen LogP contribution is -2.49. The van der Waals surface area contributed by atoms with Crippen molar-refractivity contribution in [2.45, 2.75) is 18.9 Å². The molecule has 2 nitrogen and oxygen atoms in total. The molecule has 1 rings (SSSR count). The summed E-state index contributed by atoms with van der Waals surface area (Å²) in [5.74, 6) is 2.16. The molecule has 0 aromatic rings. The first-order valence-corrected chi connectivity index (χ1v) is 6.52. The summed E-state index contributed by atoms with van der Waals surface area (Å²) in [6.07, 6.45) is 4.99. The molecule has 0 bridgehead atoms. The zero-order valence-electron chi connectivity index (χ0n) is 9.05. The molecule has 1 aliphatic carbocycles. The zero-order chi connectivity index (χ0) is 9.68. The fourth-order valence-corrected chi connectivity index (χ4v) is 2.50. The maximum Gasteiger partial charge on any atom is 0.0133 e. The van der Waals surface area contributed by atoms with E-state index in [9.17, 15) is 0 Å². The third-order valence-corrected chi connectivity index (χ3v) is 3.65. The quantitative estimate of drug-likeness (QED) is 0.698. The molecule has 1 fully saturated rings. The van der Waals surface area contributed by atoms with Gasteiger partial charge in [-0.3, -0.25) is 0 Å². The van der Waals surface area contributed by atoms with Crippen LogP contribution in [-0.2, 0) is 0 Å². The molecule has 2 atom stereocenters. The van der Waals surface area contributed by atoms with Crippen molar-refractivity contribution in [2.24, 2.45) is 5.92 Å². The Morgan fingerprint density at radius 2 is 2.23 bits per heavy atom. The zero-order valence-corrected chi connectivity index (χ0v) is 9.86. The minimum absolute atomic E-state index is 0.847. The predicted octanol–water partition coefficient (Wildman–Crippen LogP) is 1.28. The second-order valence-corrected chi connectivity index (χ2v) is 4.92. The van der Waals surface area contributed by atoms with Gasteiger partial charge in [-0.2, -0.15) is 11.8 Å². The van der Waals surface area contributed by atoms with Crippen molar-refractivity contribution < 1.29 is 0 Å². The van der Waals surface area contributed by atoms with Crippen LogP contribution in [-0.4, -0.2) is 50.1 Å². The van der Waals surface area contributed by atoms with Gasteiger partial charge in [0.15, 0.2) is 0 Å². The van der Waals surface area contributed by atoms with Crippen LogP contribution in [0.5, 0.6) is 0 Å². The van der Waals surface area contributed by atoms with Gasteiger partial charge in [0.1, 0.15) is 0 Å². The molecule has 1 N–H and O–H groups in total. The number of rotatable bonds is 6. The highest BCUT2D eigenvalue weighted by molar-refractivity contribution is 7.98. The first-order valence-electron chi connectivity index (χ1n) is 5.13. The van der Waals surface area contributed by atoms with E-state index in [1.807, 2.05) is 11.8 Å². The van der Waals surface area contributed by atoms with E-state index in [0.29, 0.717) is 0 Å². The molecule has 1 aliphatic rings. The average molecular weight is 202 g/mol. The van der Waals surface area contributed by atoms with E-state index in [4.69, 9.17) is 0 Å². The lowest BCUT2D eigenvalue weighted by atomic mass is 9.78. The SMILES string of the molecule is CNCC1CCC1N(C)CCSC. The van der Waals surface area contributed by atoms with Crippen LogP contribution in [0.15, 0.2) is 0 Å². The molecule has 0 spiro atoms. The monoisotopic (exact) mass is 202 g/mol. The maximum absolute atomic E-state index is 3.28. The fourth-order valence-electron chi connectivity index (χ4n) is 2.03. The van der Waals surface area contributed by atoms with Crippen LogP contribution in [0.3, 0.4) is 0 Å². The van der Waals surface area contributed by atoms with Crippen LogP contribution >= 0.6 is 11.8 Å². The Hall–Kier alpha value is 0.270. The molecular weight excluding hydrogens is 180 g/mol. The first-order chi connectivity index (χ1) is 6.29. The van der Waals surface area contributed by atoms with Gasteiger partial charge in [0.05, 0.1) is 0 Å². The predicted molar refractivity (Wildman–Crippen MR) is 61.5 cm³/mol. The average Bonchev–Trinajstić information content (AvgIpc) is 2.09. The highest BCUT2D eigenvalue weighted by Crippen LogP contribution is 2.30. The van der Waals surface area contributed by atoms with Crippen LogP contribution in [0.25, 0.3) is 0 Å². The van der Waals surface area contributed by atoms with Gasteiger partial charge in [0.2, 0.25) is 0 Å². The fraction of sp³-hybridized carbons (Fsp3) is 1.00. The summed E-state index contributed by atoms with van der Waals surface area (Å²) < 4.78 is 0. The van der Waals surface area contributed by atoms with Crippen molar-refractivity contribution in [1.82, 2.24) is 10.2 Å². The van der Waals surface area contributed by atoms with Crippen LogP contribution < -0.4 is 5.32 Å². The van der Waals surface area contributed by atoms with Gasteiger partial charge < -0.3 is 10.2 Å². The number of hydrogen-bond donors (Lipinski definition) is 1. The third kappa shape index (κ3) is 3.15. The first kappa shape index (κ1) is 11.3. The van der Waals surface area contributed by atoms with Gasteiger partial charge >= 0.3 is 0 Å². The molecule has 78 valence electrons. The van der Waals surface area contributed by atoms with Crippen LogP contribution in [0, 0.1) is 5.92 Å². The lowest BCUT2D eigenvalue weighted by Gasteiger charge is -2.42. The molecular formula is C10H22N2S. The number of hydrogen-bond acceptors (Lipinski definition) is 3. The molecule has 3 heteroatoms. The van der Waals surface area contributed by atoms with Crippen molar-refractivity contribution in [1.29, 1.82) is 0 Å². The molecule has 2 unspecified atom stereocenters. The van der Waals surface area contributed by atoms with Gasteiger partial charge in [-0.05, 0) is 45.7 Å². The Bertz CT molecular complexity index is 141. The lowest BCUT2D eigenvalue weighted by molar-refractivity contribution is 0.0907. The van der Waals surface area contributed by atoms with E-state index < -0.39 is 0 Å². The Morgan fingerprint density at radius 1 is 1.46 bits per heavy atom. The highest BCUT2D eigenvalue weighted by atomic mass is 32.2. The van der Waals surface area contributed by atoms with Crippen molar-refractivity contribution in [2.75, 3.05) is 39.2 Å². The van der Waals surface area contributed by atoms with E-state index in [1.54, 1.807) is 0 Å². The van der Waals surface area contributed by atoms with Crippen molar-refractivity contribution in [3.63, 3.8) is 0 Å². The standard InChI is InChI=1S/C10H22N2S/c1-11-8-9-4-5-10(9)12(2)6-7-13-3/h9-11H,4-8H2,1-3H3. The van der Waals surface area contributed by atoms with Crippen molar-refractivity contribution >= 4 is 11.8 Å². The van der Waals surface area contributed by atoms with Gasteiger partial charge in [-0.15, -0.1) is 0 Å². The molecule has 0 amide bonds. The van der Waals surface area contributed by atoms with Gasteiger partial charge in [0.25, 0.3) is 0 Å². The molecule has 0 heterocycles. The molecule has 13 heavy (non-hydrogen) atoms. The molecule has 1 saturated carbocycles. The second-order valence-electron chi connectivity index (χ2n) is 3.94. The third-order valence-electron chi connectivity index (χ3n) is 3.06. The number of thioether (sulfide) groups is 1. The summed E-state index contributed by atoms with van der Waals surface area (Å²) in [7, 11) is 4.32. The van der Waals surface area contributed by atoms with Crippen molar-refractivity contribution in [3.05, 3.63) is 0 Å². The molecule has 0 aromatic carbocycles. The number of nitrogens with one attached hydrogen (secondary N) is 1. The minimum atomic E-state index is 0.847. The van der Waals surface area contributed by atoms with Crippen LogP contribution in [0.1, 0.15) is 12.8 Å². The summed E-state index contributed by atoms with van der Waals surface area (Å²) in [5.41, 5.74) is 0. The maximum atomic E-state index is 3.28. The van der Waals surface area contributed by atoms with E-state index in [0.717, 1.165) is 12.0 Å². The highest BCUT2D eigenvalue weighted by Gasteiger charge is 2.32. The topological polar surface area (TPSA) is 15.3 Å². The van der Waals surface area contributed by atoms with E-state index >= 15 is 0 Å². The largest absolute Gasteiger partial charge is 0.319 e. The summed E-state index contributed by atoms with van der Waals surface area (Å²) >= 11 is 1.94. The second kappa shape index (κ2) is 5.89. The molecule has 0 aliphatic heterocycles. The Labute approximate surface area is 86.5 Å². The molecule has 0 radical (unpaired) electrons. The Kier molecular flexibility index (Phi) is 5.14. The Balaban J connectivity index is 2.18. The molecule has 0 aromatic heterocycles. The summed E-state index contributed by atoms with van der Waals surface area (Å²) in [5, 5.41) is 3.28. The van der Waals surface area contributed by atoms with Crippen LogP contribution in [0.2, 0.25) is 0 Å². The van der Waals surface area contributed by atoms with Gasteiger partial charge in [-0.1, -0.05) is 0 Å². The minimum Gasteiger partial charge on any atom is -0.319 e. The summed E-state index contributed by atoms with van der Waals surface area (Å²) in [4.78, 5) is 2.53. The van der Waals surface area contributed by atoms with E-state index in [1.165, 1.54) is 31.7 Å². The van der Waals surface area contributed by atoms with E-state index in [2.05, 4.69) is 30.6 Å². The van der Waals surface area contributed by atoms with Gasteiger partial charge in [0, 0.05) is 18.3 Å². The van der Waals surface area contributed by atoms with Crippen molar-refractivity contribution in [3.8, 4) is 0 Å².